The number of fused-ring (bicyclic) bond motifs is 1. The van der Waals surface area contributed by atoms with Gasteiger partial charge in [-0.05, 0) is 32.9 Å². The first-order valence-corrected chi connectivity index (χ1v) is 8.28. The molecule has 0 radical (unpaired) electrons. The fourth-order valence-electron chi connectivity index (χ4n) is 3.11. The Morgan fingerprint density at radius 1 is 1.38 bits per heavy atom. The van der Waals surface area contributed by atoms with Crippen molar-refractivity contribution >= 4 is 12.1 Å². The number of urea groups is 1. The van der Waals surface area contributed by atoms with Crippen LogP contribution >= 0.6 is 0 Å². The molecule has 3 amide bonds. The van der Waals surface area contributed by atoms with Crippen LogP contribution < -0.4 is 5.32 Å². The van der Waals surface area contributed by atoms with Crippen LogP contribution in [0.5, 0.6) is 0 Å². The molecular formula is C17H24N4O3. The molecule has 24 heavy (non-hydrogen) atoms. The molecule has 0 aromatic carbocycles. The van der Waals surface area contributed by atoms with Crippen molar-refractivity contribution in [2.45, 2.75) is 44.9 Å². The number of nitrogens with zero attached hydrogens (tertiary/aromatic N) is 3. The van der Waals surface area contributed by atoms with E-state index in [0.717, 1.165) is 5.69 Å². The maximum atomic E-state index is 12.3. The summed E-state index contributed by atoms with van der Waals surface area (Å²) in [6.45, 7) is 7.33. The van der Waals surface area contributed by atoms with Gasteiger partial charge in [0.15, 0.2) is 0 Å². The standard InChI is InChI=1S/C17H24N4O3/c1-17(2,3)19-15(22)20-10-13-14(11-20)24-16(23)21(13)9-7-12-6-4-5-8-18-12/h4-6,8,13-14H,7,9-11H2,1-3H3,(H,19,22)/t13-,14+/m1/s1. The molecule has 2 fully saturated rings. The van der Waals surface area contributed by atoms with Gasteiger partial charge in [-0.15, -0.1) is 0 Å². The fourth-order valence-corrected chi connectivity index (χ4v) is 3.11. The van der Waals surface area contributed by atoms with Crippen molar-refractivity contribution in [2.75, 3.05) is 19.6 Å². The maximum Gasteiger partial charge on any atom is 0.410 e. The van der Waals surface area contributed by atoms with Gasteiger partial charge in [0.05, 0.1) is 12.6 Å². The number of rotatable bonds is 3. The molecule has 1 aromatic rings. The van der Waals surface area contributed by atoms with Crippen molar-refractivity contribution in [2.24, 2.45) is 0 Å². The molecule has 1 N–H and O–H groups in total. The molecule has 1 aromatic heterocycles. The van der Waals surface area contributed by atoms with Gasteiger partial charge in [0, 0.05) is 36.9 Å². The topological polar surface area (TPSA) is 74.8 Å². The second-order valence-corrected chi connectivity index (χ2v) is 7.34. The molecule has 3 heterocycles. The summed E-state index contributed by atoms with van der Waals surface area (Å²) < 4.78 is 5.44. The van der Waals surface area contributed by atoms with Crippen LogP contribution in [-0.4, -0.2) is 64.2 Å². The zero-order valence-corrected chi connectivity index (χ0v) is 14.4. The molecule has 0 unspecified atom stereocenters. The Labute approximate surface area is 142 Å². The van der Waals surface area contributed by atoms with Crippen LogP contribution in [0.3, 0.4) is 0 Å². The van der Waals surface area contributed by atoms with E-state index in [1.807, 2.05) is 39.0 Å². The molecule has 2 atom stereocenters. The van der Waals surface area contributed by atoms with Gasteiger partial charge >= 0.3 is 12.1 Å². The lowest BCUT2D eigenvalue weighted by molar-refractivity contribution is 0.122. The number of carbonyl (C=O) groups excluding carboxylic acids is 2. The number of pyridine rings is 1. The Morgan fingerprint density at radius 3 is 2.83 bits per heavy atom. The molecule has 3 rings (SSSR count). The van der Waals surface area contributed by atoms with Crippen LogP contribution in [0.15, 0.2) is 24.4 Å². The van der Waals surface area contributed by atoms with Crippen LogP contribution in [0.1, 0.15) is 26.5 Å². The van der Waals surface area contributed by atoms with Gasteiger partial charge in [-0.3, -0.25) is 9.88 Å². The number of hydrogen-bond acceptors (Lipinski definition) is 4. The molecule has 0 saturated carbocycles. The van der Waals surface area contributed by atoms with Crippen molar-refractivity contribution in [3.05, 3.63) is 30.1 Å². The number of amides is 3. The van der Waals surface area contributed by atoms with E-state index in [-0.39, 0.29) is 29.8 Å². The average molecular weight is 332 g/mol. The van der Waals surface area contributed by atoms with Crippen molar-refractivity contribution < 1.29 is 14.3 Å². The summed E-state index contributed by atoms with van der Waals surface area (Å²) in [5.41, 5.74) is 0.651. The predicted octanol–water partition coefficient (Wildman–Crippen LogP) is 1.64. The molecule has 7 heteroatoms. The highest BCUT2D eigenvalue weighted by Crippen LogP contribution is 2.27. The highest BCUT2D eigenvalue weighted by Gasteiger charge is 2.48. The lowest BCUT2D eigenvalue weighted by atomic mass is 10.1. The monoisotopic (exact) mass is 332 g/mol. The normalized spacial score (nSPS) is 23.2. The minimum absolute atomic E-state index is 0.0769. The van der Waals surface area contributed by atoms with E-state index in [1.54, 1.807) is 16.0 Å². The summed E-state index contributed by atoms with van der Waals surface area (Å²) in [4.78, 5) is 32.1. The van der Waals surface area contributed by atoms with Gasteiger partial charge in [-0.25, -0.2) is 9.59 Å². The molecule has 2 aliphatic rings. The molecule has 0 spiro atoms. The summed E-state index contributed by atoms with van der Waals surface area (Å²) in [5.74, 6) is 0. The van der Waals surface area contributed by atoms with Crippen molar-refractivity contribution in [1.29, 1.82) is 0 Å². The van der Waals surface area contributed by atoms with Crippen molar-refractivity contribution in [3.8, 4) is 0 Å². The van der Waals surface area contributed by atoms with Crippen LogP contribution in [0.25, 0.3) is 0 Å². The number of nitrogens with one attached hydrogen (secondary N) is 1. The summed E-state index contributed by atoms with van der Waals surface area (Å²) in [6.07, 6.45) is 1.88. The van der Waals surface area contributed by atoms with Crippen LogP contribution in [0.4, 0.5) is 9.59 Å². The van der Waals surface area contributed by atoms with E-state index < -0.39 is 0 Å². The smallest absolute Gasteiger partial charge is 0.410 e. The van der Waals surface area contributed by atoms with Gasteiger partial charge in [0.2, 0.25) is 0 Å². The van der Waals surface area contributed by atoms with Gasteiger partial charge < -0.3 is 15.0 Å². The average Bonchev–Trinajstić information content (AvgIpc) is 3.02. The van der Waals surface area contributed by atoms with E-state index >= 15 is 0 Å². The van der Waals surface area contributed by atoms with Crippen LogP contribution in [-0.2, 0) is 11.2 Å². The molecule has 7 nitrogen and oxygen atoms in total. The summed E-state index contributed by atoms with van der Waals surface area (Å²) in [5, 5.41) is 2.95. The van der Waals surface area contributed by atoms with E-state index in [9.17, 15) is 9.59 Å². The SMILES string of the molecule is CC(C)(C)NC(=O)N1C[C@@H]2OC(=O)N(CCc3ccccn3)[C@@H]2C1. The molecule has 130 valence electrons. The number of ether oxygens (including phenoxy) is 1. The summed E-state index contributed by atoms with van der Waals surface area (Å²) in [7, 11) is 0. The Hall–Kier alpha value is -2.31. The minimum Gasteiger partial charge on any atom is -0.442 e. The van der Waals surface area contributed by atoms with E-state index in [0.29, 0.717) is 26.1 Å². The third-order valence-corrected chi connectivity index (χ3v) is 4.23. The van der Waals surface area contributed by atoms with Crippen molar-refractivity contribution in [3.63, 3.8) is 0 Å². The van der Waals surface area contributed by atoms with Gasteiger partial charge in [0.25, 0.3) is 0 Å². The largest absolute Gasteiger partial charge is 0.442 e. The first kappa shape index (κ1) is 16.5. The molecule has 2 saturated heterocycles. The summed E-state index contributed by atoms with van der Waals surface area (Å²) in [6, 6.07) is 5.55. The Kier molecular flexibility index (Phi) is 4.34. The quantitative estimate of drug-likeness (QED) is 0.913. The minimum atomic E-state index is -0.295. The third-order valence-electron chi connectivity index (χ3n) is 4.23. The zero-order valence-electron chi connectivity index (χ0n) is 14.4. The van der Waals surface area contributed by atoms with Crippen LogP contribution in [0.2, 0.25) is 0 Å². The van der Waals surface area contributed by atoms with E-state index in [4.69, 9.17) is 4.74 Å². The lowest BCUT2D eigenvalue weighted by Gasteiger charge is -2.27. The number of likely N-dealkylation sites (tertiary alicyclic amines) is 1. The van der Waals surface area contributed by atoms with Crippen LogP contribution in [0, 0.1) is 0 Å². The van der Waals surface area contributed by atoms with E-state index in [1.165, 1.54) is 0 Å². The molecule has 0 bridgehead atoms. The lowest BCUT2D eigenvalue weighted by Crippen LogP contribution is -2.49. The first-order valence-electron chi connectivity index (χ1n) is 8.28. The van der Waals surface area contributed by atoms with Gasteiger partial charge in [-0.1, -0.05) is 6.07 Å². The summed E-state index contributed by atoms with van der Waals surface area (Å²) >= 11 is 0. The number of hydrogen-bond donors (Lipinski definition) is 1. The number of carbonyl (C=O) groups is 2. The Morgan fingerprint density at radius 2 is 2.17 bits per heavy atom. The Bertz CT molecular complexity index is 614. The second-order valence-electron chi connectivity index (χ2n) is 7.34. The third kappa shape index (κ3) is 3.60. The second kappa shape index (κ2) is 6.30. The zero-order chi connectivity index (χ0) is 17.3. The highest BCUT2D eigenvalue weighted by atomic mass is 16.6. The predicted molar refractivity (Wildman–Crippen MR) is 88.6 cm³/mol. The Balaban J connectivity index is 1.60. The first-order chi connectivity index (χ1) is 11.3. The van der Waals surface area contributed by atoms with Gasteiger partial charge in [0.1, 0.15) is 6.10 Å². The van der Waals surface area contributed by atoms with Gasteiger partial charge in [-0.2, -0.15) is 0 Å². The maximum absolute atomic E-state index is 12.3. The molecule has 0 aliphatic carbocycles. The van der Waals surface area contributed by atoms with E-state index in [2.05, 4.69) is 10.3 Å². The highest BCUT2D eigenvalue weighted by molar-refractivity contribution is 5.77. The fraction of sp³-hybridized carbons (Fsp3) is 0.588. The number of aromatic nitrogens is 1. The van der Waals surface area contributed by atoms with Crippen molar-refractivity contribution in [1.82, 2.24) is 20.1 Å². The molecular weight excluding hydrogens is 308 g/mol. The molecule has 2 aliphatic heterocycles.